The Bertz CT molecular complexity index is 480. The van der Waals surface area contributed by atoms with Gasteiger partial charge < -0.3 is 14.6 Å². The summed E-state index contributed by atoms with van der Waals surface area (Å²) >= 11 is 6.10. The van der Waals surface area contributed by atoms with E-state index in [-0.39, 0.29) is 11.8 Å². The maximum atomic E-state index is 10.9. The van der Waals surface area contributed by atoms with Crippen LogP contribution >= 0.6 is 11.6 Å². The first-order chi connectivity index (χ1) is 8.52. The van der Waals surface area contributed by atoms with Crippen LogP contribution in [0.1, 0.15) is 24.8 Å². The third-order valence-electron chi connectivity index (χ3n) is 3.39. The first-order valence-corrected chi connectivity index (χ1v) is 6.04. The van der Waals surface area contributed by atoms with Gasteiger partial charge in [0.05, 0.1) is 25.7 Å². The highest BCUT2D eigenvalue weighted by atomic mass is 35.5. The van der Waals surface area contributed by atoms with Crippen LogP contribution < -0.4 is 9.47 Å². The standard InChI is InChI=1S/C13H15ClO4/c1-17-10-6-11(18-2)9(14)5-8(10)13(3-4-13)7-12(15)16/h5-6H,3-4,7H2,1-2H3,(H,15,16). The minimum atomic E-state index is -0.804. The molecule has 0 bridgehead atoms. The van der Waals surface area contributed by atoms with Crippen LogP contribution in [0.2, 0.25) is 5.02 Å². The fraction of sp³-hybridized carbons (Fsp3) is 0.462. The normalized spacial score (nSPS) is 16.2. The first-order valence-electron chi connectivity index (χ1n) is 5.66. The zero-order valence-corrected chi connectivity index (χ0v) is 11.1. The molecule has 1 N–H and O–H groups in total. The van der Waals surface area contributed by atoms with Crippen molar-refractivity contribution < 1.29 is 19.4 Å². The Labute approximate surface area is 110 Å². The van der Waals surface area contributed by atoms with Crippen molar-refractivity contribution in [3.63, 3.8) is 0 Å². The third-order valence-corrected chi connectivity index (χ3v) is 3.68. The Morgan fingerprint density at radius 1 is 1.33 bits per heavy atom. The molecule has 1 aromatic rings. The zero-order chi connectivity index (χ0) is 13.3. The number of carbonyl (C=O) groups is 1. The Morgan fingerprint density at radius 3 is 2.39 bits per heavy atom. The van der Waals surface area contributed by atoms with E-state index < -0.39 is 5.97 Å². The lowest BCUT2D eigenvalue weighted by molar-refractivity contribution is -0.137. The van der Waals surface area contributed by atoms with E-state index in [1.165, 1.54) is 7.11 Å². The average Bonchev–Trinajstić information content (AvgIpc) is 3.08. The van der Waals surface area contributed by atoms with E-state index in [0.717, 1.165) is 18.4 Å². The molecule has 0 unspecified atom stereocenters. The molecule has 1 saturated carbocycles. The van der Waals surface area contributed by atoms with Gasteiger partial charge in [0.2, 0.25) is 0 Å². The quantitative estimate of drug-likeness (QED) is 0.894. The monoisotopic (exact) mass is 270 g/mol. The molecule has 0 radical (unpaired) electrons. The number of aliphatic carboxylic acids is 1. The van der Waals surface area contributed by atoms with E-state index >= 15 is 0 Å². The van der Waals surface area contributed by atoms with Gasteiger partial charge in [-0.15, -0.1) is 0 Å². The molecular weight excluding hydrogens is 256 g/mol. The lowest BCUT2D eigenvalue weighted by atomic mass is 9.91. The first kappa shape index (κ1) is 13.0. The van der Waals surface area contributed by atoms with E-state index in [1.807, 2.05) is 0 Å². The Morgan fingerprint density at radius 2 is 1.94 bits per heavy atom. The van der Waals surface area contributed by atoms with Gasteiger partial charge in [0.1, 0.15) is 11.5 Å². The summed E-state index contributed by atoms with van der Waals surface area (Å²) in [6, 6.07) is 3.47. The molecule has 0 amide bonds. The summed E-state index contributed by atoms with van der Waals surface area (Å²) in [4.78, 5) is 10.9. The Kier molecular flexibility index (Phi) is 3.39. The van der Waals surface area contributed by atoms with Crippen molar-refractivity contribution in [2.24, 2.45) is 0 Å². The van der Waals surface area contributed by atoms with Gasteiger partial charge in [-0.1, -0.05) is 11.6 Å². The fourth-order valence-corrected chi connectivity index (χ4v) is 2.50. The van der Waals surface area contributed by atoms with Gasteiger partial charge >= 0.3 is 5.97 Å². The van der Waals surface area contributed by atoms with Crippen molar-refractivity contribution in [3.8, 4) is 11.5 Å². The molecule has 0 aromatic heterocycles. The molecule has 0 saturated heterocycles. The molecule has 98 valence electrons. The number of carboxylic acids is 1. The molecule has 1 aliphatic rings. The number of hydrogen-bond donors (Lipinski definition) is 1. The predicted octanol–water partition coefficient (Wildman–Crippen LogP) is 2.86. The van der Waals surface area contributed by atoms with Crippen LogP contribution in [-0.2, 0) is 10.2 Å². The van der Waals surface area contributed by atoms with Crippen LogP contribution in [-0.4, -0.2) is 25.3 Å². The van der Waals surface area contributed by atoms with Crippen molar-refractivity contribution in [2.75, 3.05) is 14.2 Å². The average molecular weight is 271 g/mol. The summed E-state index contributed by atoms with van der Waals surface area (Å²) in [7, 11) is 3.09. The number of rotatable bonds is 5. The van der Waals surface area contributed by atoms with E-state index in [4.69, 9.17) is 26.2 Å². The van der Waals surface area contributed by atoms with Crippen LogP contribution in [0.25, 0.3) is 0 Å². The van der Waals surface area contributed by atoms with E-state index in [9.17, 15) is 4.79 Å². The number of carboxylic acid groups (broad SMARTS) is 1. The highest BCUT2D eigenvalue weighted by molar-refractivity contribution is 6.32. The summed E-state index contributed by atoms with van der Waals surface area (Å²) in [6.07, 6.45) is 1.79. The molecule has 1 aromatic carbocycles. The van der Waals surface area contributed by atoms with Crippen LogP contribution in [0.4, 0.5) is 0 Å². The van der Waals surface area contributed by atoms with Gasteiger partial charge in [0, 0.05) is 17.0 Å². The maximum absolute atomic E-state index is 10.9. The fourth-order valence-electron chi connectivity index (χ4n) is 2.26. The molecule has 5 heteroatoms. The van der Waals surface area contributed by atoms with Crippen molar-refractivity contribution in [1.29, 1.82) is 0 Å². The molecule has 0 heterocycles. The molecule has 0 spiro atoms. The van der Waals surface area contributed by atoms with Crippen LogP contribution in [0, 0.1) is 0 Å². The maximum Gasteiger partial charge on any atom is 0.304 e. The van der Waals surface area contributed by atoms with Crippen molar-refractivity contribution in [1.82, 2.24) is 0 Å². The second-order valence-corrected chi connectivity index (χ2v) is 4.95. The number of ether oxygens (including phenoxy) is 2. The number of methoxy groups -OCH3 is 2. The van der Waals surface area contributed by atoms with E-state index in [0.29, 0.717) is 16.5 Å². The van der Waals surface area contributed by atoms with Crippen molar-refractivity contribution in [3.05, 3.63) is 22.7 Å². The number of hydrogen-bond acceptors (Lipinski definition) is 3. The molecule has 2 rings (SSSR count). The van der Waals surface area contributed by atoms with Crippen molar-refractivity contribution in [2.45, 2.75) is 24.7 Å². The van der Waals surface area contributed by atoms with Crippen LogP contribution in [0.3, 0.4) is 0 Å². The highest BCUT2D eigenvalue weighted by Gasteiger charge is 2.48. The van der Waals surface area contributed by atoms with Crippen LogP contribution in [0.15, 0.2) is 12.1 Å². The van der Waals surface area contributed by atoms with Gasteiger partial charge in [-0.3, -0.25) is 4.79 Å². The second-order valence-electron chi connectivity index (χ2n) is 4.54. The summed E-state index contributed by atoms with van der Waals surface area (Å²) in [5.41, 5.74) is 0.533. The van der Waals surface area contributed by atoms with Gasteiger partial charge in [0.25, 0.3) is 0 Å². The Hall–Kier alpha value is -1.42. The number of halogens is 1. The van der Waals surface area contributed by atoms with Gasteiger partial charge in [-0.05, 0) is 18.9 Å². The molecular formula is C13H15ClO4. The summed E-state index contributed by atoms with van der Waals surface area (Å²) in [6.45, 7) is 0. The number of benzene rings is 1. The van der Waals surface area contributed by atoms with Gasteiger partial charge in [-0.25, -0.2) is 0 Å². The molecule has 18 heavy (non-hydrogen) atoms. The smallest absolute Gasteiger partial charge is 0.304 e. The highest BCUT2D eigenvalue weighted by Crippen LogP contribution is 2.55. The van der Waals surface area contributed by atoms with E-state index in [2.05, 4.69) is 0 Å². The van der Waals surface area contributed by atoms with Gasteiger partial charge in [0.15, 0.2) is 0 Å². The molecule has 0 atom stereocenters. The lowest BCUT2D eigenvalue weighted by Gasteiger charge is -2.18. The molecule has 1 aliphatic carbocycles. The lowest BCUT2D eigenvalue weighted by Crippen LogP contribution is -2.14. The SMILES string of the molecule is COc1cc(OC)c(C2(CC(=O)O)CC2)cc1Cl. The second kappa shape index (κ2) is 4.69. The Balaban J connectivity index is 2.44. The third kappa shape index (κ3) is 2.25. The summed E-state index contributed by atoms with van der Waals surface area (Å²) < 4.78 is 10.4. The van der Waals surface area contributed by atoms with Gasteiger partial charge in [-0.2, -0.15) is 0 Å². The van der Waals surface area contributed by atoms with E-state index in [1.54, 1.807) is 19.2 Å². The minimum Gasteiger partial charge on any atom is -0.496 e. The predicted molar refractivity (Wildman–Crippen MR) is 67.7 cm³/mol. The largest absolute Gasteiger partial charge is 0.496 e. The molecule has 4 nitrogen and oxygen atoms in total. The molecule has 0 aliphatic heterocycles. The minimum absolute atomic E-state index is 0.103. The topological polar surface area (TPSA) is 55.8 Å². The molecule has 1 fully saturated rings. The summed E-state index contributed by atoms with van der Waals surface area (Å²) in [5, 5.41) is 9.46. The summed E-state index contributed by atoms with van der Waals surface area (Å²) in [5.74, 6) is 0.361. The van der Waals surface area contributed by atoms with Crippen LogP contribution in [0.5, 0.6) is 11.5 Å². The van der Waals surface area contributed by atoms with Crippen molar-refractivity contribution >= 4 is 17.6 Å². The zero-order valence-electron chi connectivity index (χ0n) is 10.3.